The third kappa shape index (κ3) is 3.43. The van der Waals surface area contributed by atoms with Crippen molar-refractivity contribution in [3.05, 3.63) is 134 Å². The van der Waals surface area contributed by atoms with Crippen LogP contribution in [0.3, 0.4) is 0 Å². The molecule has 0 bridgehead atoms. The van der Waals surface area contributed by atoms with Crippen LogP contribution in [0.25, 0.3) is 66.1 Å². The predicted octanol–water partition coefficient (Wildman–Crippen LogP) is 8.94. The molecule has 2 nitrogen and oxygen atoms in total. The molecule has 168 valence electrons. The van der Waals surface area contributed by atoms with Crippen molar-refractivity contribution in [3.63, 3.8) is 0 Å². The first-order valence-corrected chi connectivity index (χ1v) is 12.2. The maximum Gasteiger partial charge on any atom is 0.0972 e. The molecule has 7 rings (SSSR count). The maximum absolute atomic E-state index is 5.34. The van der Waals surface area contributed by atoms with Crippen LogP contribution in [-0.4, -0.2) is 9.97 Å². The van der Waals surface area contributed by atoms with E-state index in [1.807, 2.05) is 12.3 Å². The number of nitrogens with zero attached hydrogens (tertiary/aromatic N) is 2. The van der Waals surface area contributed by atoms with Crippen molar-refractivity contribution < 1.29 is 0 Å². The van der Waals surface area contributed by atoms with Crippen LogP contribution in [-0.2, 0) is 0 Å². The van der Waals surface area contributed by atoms with Gasteiger partial charge in [-0.05, 0) is 45.7 Å². The van der Waals surface area contributed by atoms with Crippen LogP contribution in [0, 0.1) is 0 Å². The van der Waals surface area contributed by atoms with E-state index in [4.69, 9.17) is 9.97 Å². The van der Waals surface area contributed by atoms with E-state index in [9.17, 15) is 0 Å². The van der Waals surface area contributed by atoms with Crippen LogP contribution in [0.15, 0.2) is 134 Å². The molecular weight excluding hydrogens is 436 g/mol. The third-order valence-electron chi connectivity index (χ3n) is 6.88. The van der Waals surface area contributed by atoms with E-state index < -0.39 is 0 Å². The fraction of sp³-hybridized carbons (Fsp3) is 0. The molecule has 0 aliphatic carbocycles. The molecule has 0 aliphatic rings. The number of hydrogen-bond acceptors (Lipinski definition) is 2. The van der Waals surface area contributed by atoms with Crippen LogP contribution < -0.4 is 0 Å². The van der Waals surface area contributed by atoms with Crippen molar-refractivity contribution in [2.24, 2.45) is 0 Å². The monoisotopic (exact) mass is 458 g/mol. The highest BCUT2D eigenvalue weighted by molar-refractivity contribution is 6.07. The number of hydrogen-bond donors (Lipinski definition) is 0. The highest BCUT2D eigenvalue weighted by Crippen LogP contribution is 2.39. The van der Waals surface area contributed by atoms with Gasteiger partial charge in [0.15, 0.2) is 0 Å². The van der Waals surface area contributed by atoms with E-state index >= 15 is 0 Å². The summed E-state index contributed by atoms with van der Waals surface area (Å²) in [6, 6.07) is 44.9. The second-order valence-corrected chi connectivity index (χ2v) is 9.07. The minimum atomic E-state index is 0.930. The van der Waals surface area contributed by atoms with Gasteiger partial charge < -0.3 is 0 Å². The van der Waals surface area contributed by atoms with Crippen molar-refractivity contribution in [1.29, 1.82) is 0 Å². The number of pyridine rings is 2. The summed E-state index contributed by atoms with van der Waals surface area (Å²) in [6.07, 6.45) is 1.85. The van der Waals surface area contributed by atoms with Gasteiger partial charge in [0.05, 0.1) is 16.7 Å². The zero-order valence-corrected chi connectivity index (χ0v) is 19.6. The zero-order chi connectivity index (χ0) is 23.9. The Morgan fingerprint density at radius 2 is 1.14 bits per heavy atom. The minimum Gasteiger partial charge on any atom is -0.254 e. The predicted molar refractivity (Wildman–Crippen MR) is 151 cm³/mol. The van der Waals surface area contributed by atoms with E-state index in [0.29, 0.717) is 0 Å². The molecule has 36 heavy (non-hydrogen) atoms. The van der Waals surface area contributed by atoms with Crippen molar-refractivity contribution in [2.45, 2.75) is 0 Å². The lowest BCUT2D eigenvalue weighted by molar-refractivity contribution is 1.37. The molecule has 5 aromatic carbocycles. The summed E-state index contributed by atoms with van der Waals surface area (Å²) in [6.45, 7) is 0. The Kier molecular flexibility index (Phi) is 4.82. The van der Waals surface area contributed by atoms with E-state index in [1.165, 1.54) is 21.9 Å². The molecule has 0 aliphatic heterocycles. The smallest absolute Gasteiger partial charge is 0.0972 e. The van der Waals surface area contributed by atoms with Crippen molar-refractivity contribution in [1.82, 2.24) is 9.97 Å². The summed E-state index contributed by atoms with van der Waals surface area (Å²) in [4.78, 5) is 10.0. The van der Waals surface area contributed by atoms with Crippen LogP contribution in [0.4, 0.5) is 0 Å². The summed E-state index contributed by atoms with van der Waals surface area (Å²) in [7, 11) is 0. The Hall–Kier alpha value is -4.82. The molecule has 0 N–H and O–H groups in total. The largest absolute Gasteiger partial charge is 0.254 e. The zero-order valence-electron chi connectivity index (χ0n) is 19.6. The van der Waals surface area contributed by atoms with Gasteiger partial charge in [0.1, 0.15) is 0 Å². The summed E-state index contributed by atoms with van der Waals surface area (Å²) < 4.78 is 0. The molecule has 0 amide bonds. The number of aromatic nitrogens is 2. The topological polar surface area (TPSA) is 25.8 Å². The minimum absolute atomic E-state index is 0.930. The highest BCUT2D eigenvalue weighted by Gasteiger charge is 2.16. The first-order chi connectivity index (χ1) is 17.8. The number of fused-ring (bicyclic) bond motifs is 4. The molecule has 2 heterocycles. The second-order valence-electron chi connectivity index (χ2n) is 9.07. The van der Waals surface area contributed by atoms with Gasteiger partial charge in [0.25, 0.3) is 0 Å². The van der Waals surface area contributed by atoms with Crippen LogP contribution in [0.5, 0.6) is 0 Å². The number of rotatable bonds is 3. The lowest BCUT2D eigenvalue weighted by Crippen LogP contribution is -1.94. The molecule has 7 aromatic rings. The normalized spacial score (nSPS) is 11.3. The Morgan fingerprint density at radius 3 is 2.08 bits per heavy atom. The highest BCUT2D eigenvalue weighted by atomic mass is 14.8. The summed E-state index contributed by atoms with van der Waals surface area (Å²) in [5.74, 6) is 0. The standard InChI is InChI=1S/C34H22N2/c1-2-9-23(10-3-1)26-13-6-14-27(21-26)31-22-28-19-18-25-15-8-20-35-32(25)33(28)36-34(31)30-17-7-12-24-11-4-5-16-29(24)30/h1-22H. The summed E-state index contributed by atoms with van der Waals surface area (Å²) in [5.41, 5.74) is 8.62. The van der Waals surface area contributed by atoms with Gasteiger partial charge in [-0.1, -0.05) is 109 Å². The van der Waals surface area contributed by atoms with Gasteiger partial charge in [-0.25, -0.2) is 4.98 Å². The van der Waals surface area contributed by atoms with E-state index in [1.54, 1.807) is 0 Å². The fourth-order valence-corrected chi connectivity index (χ4v) is 5.13. The first-order valence-electron chi connectivity index (χ1n) is 12.2. The third-order valence-corrected chi connectivity index (χ3v) is 6.88. The molecule has 0 atom stereocenters. The Bertz CT molecular complexity index is 1880. The molecule has 0 fully saturated rings. The van der Waals surface area contributed by atoms with E-state index in [2.05, 4.69) is 121 Å². The van der Waals surface area contributed by atoms with Crippen LogP contribution in [0.2, 0.25) is 0 Å². The average Bonchev–Trinajstić information content (AvgIpc) is 2.96. The van der Waals surface area contributed by atoms with Gasteiger partial charge >= 0.3 is 0 Å². The van der Waals surface area contributed by atoms with E-state index in [-0.39, 0.29) is 0 Å². The Morgan fingerprint density at radius 1 is 0.417 bits per heavy atom. The summed E-state index contributed by atoms with van der Waals surface area (Å²) in [5, 5.41) is 4.59. The lowest BCUT2D eigenvalue weighted by atomic mass is 9.92. The quantitative estimate of drug-likeness (QED) is 0.247. The molecule has 0 radical (unpaired) electrons. The van der Waals surface area contributed by atoms with Crippen molar-refractivity contribution in [2.75, 3.05) is 0 Å². The van der Waals surface area contributed by atoms with Crippen LogP contribution >= 0.6 is 0 Å². The van der Waals surface area contributed by atoms with E-state index in [0.717, 1.165) is 44.2 Å². The molecule has 2 aromatic heterocycles. The van der Waals surface area contributed by atoms with Gasteiger partial charge in [-0.15, -0.1) is 0 Å². The van der Waals surface area contributed by atoms with Crippen molar-refractivity contribution >= 4 is 32.6 Å². The van der Waals surface area contributed by atoms with Gasteiger partial charge in [-0.2, -0.15) is 0 Å². The molecule has 0 spiro atoms. The Labute approximate surface area is 209 Å². The number of benzene rings is 5. The molecule has 2 heteroatoms. The molecule has 0 saturated heterocycles. The maximum atomic E-state index is 5.34. The van der Waals surface area contributed by atoms with Gasteiger partial charge in [-0.3, -0.25) is 4.98 Å². The Balaban J connectivity index is 1.56. The molecule has 0 saturated carbocycles. The van der Waals surface area contributed by atoms with Gasteiger partial charge in [0.2, 0.25) is 0 Å². The molecular formula is C34H22N2. The SMILES string of the molecule is c1ccc(-c2cccc(-c3cc4ccc5cccnc5c4nc3-c3cccc4ccccc34)c2)cc1. The molecule has 0 unspecified atom stereocenters. The van der Waals surface area contributed by atoms with Gasteiger partial charge in [0, 0.05) is 28.1 Å². The average molecular weight is 459 g/mol. The lowest BCUT2D eigenvalue weighted by Gasteiger charge is -2.15. The van der Waals surface area contributed by atoms with Crippen molar-refractivity contribution in [3.8, 4) is 33.5 Å². The first kappa shape index (κ1) is 20.5. The fourth-order valence-electron chi connectivity index (χ4n) is 5.13. The summed E-state index contributed by atoms with van der Waals surface area (Å²) >= 11 is 0. The van der Waals surface area contributed by atoms with Crippen LogP contribution in [0.1, 0.15) is 0 Å². The second kappa shape index (κ2) is 8.44.